The van der Waals surface area contributed by atoms with Crippen LogP contribution in [0.1, 0.15) is 28.2 Å². The number of methoxy groups -OCH3 is 1. The van der Waals surface area contributed by atoms with Gasteiger partial charge in [0.25, 0.3) is 5.91 Å². The van der Waals surface area contributed by atoms with Gasteiger partial charge in [0.15, 0.2) is 11.5 Å². The number of hydrogen-bond acceptors (Lipinski definition) is 9. The number of hydrogen-bond donors (Lipinski definition) is 2. The van der Waals surface area contributed by atoms with Crippen molar-refractivity contribution in [3.05, 3.63) is 102 Å². The number of aromatic nitrogens is 4. The van der Waals surface area contributed by atoms with Gasteiger partial charge in [0.1, 0.15) is 11.9 Å². The SMILES string of the molecule is COc1ccc2cc1OCCCN(C(=O)c1cccc(-c3noc(C)n3)c1)CC(=O)N[C@@H](Cc1ccccc1)C(=O)NCCn1ccnc1-2. The molecule has 252 valence electrons. The largest absolute Gasteiger partial charge is 0.493 e. The van der Waals surface area contributed by atoms with Crippen LogP contribution in [0.15, 0.2) is 89.7 Å². The van der Waals surface area contributed by atoms with Gasteiger partial charge in [0, 0.05) is 62.1 Å². The summed E-state index contributed by atoms with van der Waals surface area (Å²) in [5.74, 6) is 1.35. The Kier molecular flexibility index (Phi) is 10.3. The van der Waals surface area contributed by atoms with Gasteiger partial charge >= 0.3 is 0 Å². The Hall–Kier alpha value is -5.98. The third-order valence-electron chi connectivity index (χ3n) is 8.07. The predicted octanol–water partition coefficient (Wildman–Crippen LogP) is 3.69. The number of ether oxygens (including phenoxy) is 2. The van der Waals surface area contributed by atoms with E-state index in [9.17, 15) is 14.4 Å². The molecule has 1 aliphatic rings. The number of fused-ring (bicyclic) bond motifs is 4. The van der Waals surface area contributed by atoms with Crippen LogP contribution in [0, 0.1) is 6.92 Å². The van der Waals surface area contributed by atoms with E-state index in [0.717, 1.165) is 11.1 Å². The van der Waals surface area contributed by atoms with E-state index in [2.05, 4.69) is 25.8 Å². The summed E-state index contributed by atoms with van der Waals surface area (Å²) in [5.41, 5.74) is 2.65. The molecule has 2 bridgehead atoms. The molecule has 1 aliphatic heterocycles. The quantitative estimate of drug-likeness (QED) is 0.287. The highest BCUT2D eigenvalue weighted by molar-refractivity contribution is 5.98. The maximum atomic E-state index is 14.0. The summed E-state index contributed by atoms with van der Waals surface area (Å²) in [5, 5.41) is 9.82. The Balaban J connectivity index is 1.29. The van der Waals surface area contributed by atoms with Gasteiger partial charge in [-0.05, 0) is 42.3 Å². The summed E-state index contributed by atoms with van der Waals surface area (Å²) in [4.78, 5) is 51.4. The molecule has 0 spiro atoms. The van der Waals surface area contributed by atoms with Crippen LogP contribution < -0.4 is 20.1 Å². The van der Waals surface area contributed by atoms with Gasteiger partial charge in [-0.25, -0.2) is 4.98 Å². The first-order chi connectivity index (χ1) is 23.9. The van der Waals surface area contributed by atoms with Crippen molar-refractivity contribution in [3.8, 4) is 34.3 Å². The fraction of sp³-hybridized carbons (Fsp3) is 0.278. The highest BCUT2D eigenvalue weighted by Crippen LogP contribution is 2.32. The lowest BCUT2D eigenvalue weighted by atomic mass is 10.0. The van der Waals surface area contributed by atoms with Gasteiger partial charge in [-0.15, -0.1) is 0 Å². The summed E-state index contributed by atoms with van der Waals surface area (Å²) in [7, 11) is 1.57. The number of nitrogens with zero attached hydrogens (tertiary/aromatic N) is 5. The van der Waals surface area contributed by atoms with Crippen LogP contribution in [0.5, 0.6) is 11.5 Å². The number of rotatable bonds is 5. The second-order valence-corrected chi connectivity index (χ2v) is 11.6. The Morgan fingerprint density at radius 3 is 2.67 bits per heavy atom. The van der Waals surface area contributed by atoms with Gasteiger partial charge in [0.05, 0.1) is 20.3 Å². The molecule has 3 heterocycles. The number of amides is 3. The first-order valence-corrected chi connectivity index (χ1v) is 16.0. The Bertz CT molecular complexity index is 1920. The van der Waals surface area contributed by atoms with Crippen LogP contribution in [-0.4, -0.2) is 81.7 Å². The predicted molar refractivity (Wildman–Crippen MR) is 180 cm³/mol. The molecule has 49 heavy (non-hydrogen) atoms. The summed E-state index contributed by atoms with van der Waals surface area (Å²) in [6.45, 7) is 2.58. The lowest BCUT2D eigenvalue weighted by Crippen LogP contribution is -2.51. The number of aryl methyl sites for hydroxylation is 1. The fourth-order valence-electron chi connectivity index (χ4n) is 5.65. The van der Waals surface area contributed by atoms with Gasteiger partial charge in [-0.1, -0.05) is 47.6 Å². The lowest BCUT2D eigenvalue weighted by Gasteiger charge is -2.25. The average molecular weight is 664 g/mol. The van der Waals surface area contributed by atoms with Gasteiger partial charge in [-0.3, -0.25) is 14.4 Å². The monoisotopic (exact) mass is 663 g/mol. The number of carbonyl (C=O) groups is 3. The number of imidazole rings is 1. The second kappa shape index (κ2) is 15.3. The van der Waals surface area contributed by atoms with Crippen LogP contribution in [-0.2, 0) is 22.6 Å². The third-order valence-corrected chi connectivity index (χ3v) is 8.07. The molecule has 1 atom stereocenters. The minimum absolute atomic E-state index is 0.194. The number of carbonyl (C=O) groups excluding carboxylic acids is 3. The van der Waals surface area contributed by atoms with E-state index in [-0.39, 0.29) is 37.9 Å². The van der Waals surface area contributed by atoms with Crippen molar-refractivity contribution in [2.24, 2.45) is 0 Å². The first kappa shape index (κ1) is 32.9. The van der Waals surface area contributed by atoms with Gasteiger partial charge in [-0.2, -0.15) is 4.98 Å². The van der Waals surface area contributed by atoms with Crippen molar-refractivity contribution in [1.82, 2.24) is 35.2 Å². The topological polar surface area (TPSA) is 154 Å². The van der Waals surface area contributed by atoms with E-state index >= 15 is 0 Å². The zero-order valence-corrected chi connectivity index (χ0v) is 27.3. The third kappa shape index (κ3) is 8.12. The van der Waals surface area contributed by atoms with E-state index in [1.54, 1.807) is 44.5 Å². The Labute approximate surface area is 283 Å². The lowest BCUT2D eigenvalue weighted by molar-refractivity contribution is -0.129. The van der Waals surface area contributed by atoms with Crippen LogP contribution >= 0.6 is 0 Å². The molecule has 13 nitrogen and oxygen atoms in total. The molecular formula is C36H37N7O6. The summed E-state index contributed by atoms with van der Waals surface area (Å²) in [6, 6.07) is 21.0. The summed E-state index contributed by atoms with van der Waals surface area (Å²) < 4.78 is 18.8. The van der Waals surface area contributed by atoms with Crippen molar-refractivity contribution >= 4 is 17.7 Å². The van der Waals surface area contributed by atoms with Crippen molar-refractivity contribution < 1.29 is 28.4 Å². The maximum Gasteiger partial charge on any atom is 0.254 e. The highest BCUT2D eigenvalue weighted by atomic mass is 16.5. The summed E-state index contributed by atoms with van der Waals surface area (Å²) in [6.07, 6.45) is 4.22. The molecule has 0 unspecified atom stereocenters. The van der Waals surface area contributed by atoms with E-state index in [1.165, 1.54) is 4.90 Å². The molecule has 5 aromatic rings. The van der Waals surface area contributed by atoms with Crippen LogP contribution in [0.2, 0.25) is 0 Å². The molecular weight excluding hydrogens is 626 g/mol. The van der Waals surface area contributed by atoms with Crippen molar-refractivity contribution in [2.75, 3.05) is 33.4 Å². The smallest absolute Gasteiger partial charge is 0.254 e. The molecule has 0 saturated heterocycles. The zero-order chi connectivity index (χ0) is 34.2. The highest BCUT2D eigenvalue weighted by Gasteiger charge is 2.25. The first-order valence-electron chi connectivity index (χ1n) is 16.0. The second-order valence-electron chi connectivity index (χ2n) is 11.6. The molecule has 6 rings (SSSR count). The number of benzene rings is 3. The van der Waals surface area contributed by atoms with Crippen molar-refractivity contribution in [1.29, 1.82) is 0 Å². The van der Waals surface area contributed by atoms with E-state index < -0.39 is 11.9 Å². The summed E-state index contributed by atoms with van der Waals surface area (Å²) >= 11 is 0. The molecule has 0 radical (unpaired) electrons. The number of nitrogens with one attached hydrogen (secondary N) is 2. The standard InChI is InChI=1S/C36H37N7O6/c1-24-39-33(41-49-24)26-10-6-11-28(21-26)36(46)43-16-7-19-48-31-22-27(12-13-30(31)47-2)34-37-14-17-42(34)18-15-38-35(45)29(40-32(44)23-43)20-25-8-4-3-5-9-25/h3-6,8-14,17,21-22,29H,7,15-16,18-20,23H2,1-2H3,(H,38,45)(H,40,44)/t29-/m0/s1. The fourth-order valence-corrected chi connectivity index (χ4v) is 5.65. The molecule has 13 heteroatoms. The normalized spacial score (nSPS) is 16.0. The molecule has 2 N–H and O–H groups in total. The van der Waals surface area contributed by atoms with Gasteiger partial charge in [0.2, 0.25) is 23.5 Å². The Morgan fingerprint density at radius 2 is 1.88 bits per heavy atom. The van der Waals surface area contributed by atoms with Gasteiger partial charge < -0.3 is 34.1 Å². The molecule has 2 aromatic heterocycles. The molecule has 0 fully saturated rings. The minimum atomic E-state index is -0.870. The average Bonchev–Trinajstić information content (AvgIpc) is 3.78. The van der Waals surface area contributed by atoms with Crippen LogP contribution in [0.4, 0.5) is 0 Å². The van der Waals surface area contributed by atoms with Crippen LogP contribution in [0.3, 0.4) is 0 Å². The van der Waals surface area contributed by atoms with Crippen molar-refractivity contribution in [2.45, 2.75) is 32.4 Å². The minimum Gasteiger partial charge on any atom is -0.493 e. The van der Waals surface area contributed by atoms with Crippen molar-refractivity contribution in [3.63, 3.8) is 0 Å². The molecule has 3 amide bonds. The zero-order valence-electron chi connectivity index (χ0n) is 27.3. The van der Waals surface area contributed by atoms with E-state index in [4.69, 9.17) is 14.0 Å². The van der Waals surface area contributed by atoms with E-state index in [1.807, 2.05) is 59.3 Å². The molecule has 0 aliphatic carbocycles. The molecule has 3 aromatic carbocycles. The molecule has 0 saturated carbocycles. The van der Waals surface area contributed by atoms with Crippen LogP contribution in [0.25, 0.3) is 22.8 Å². The Morgan fingerprint density at radius 1 is 1.02 bits per heavy atom. The maximum absolute atomic E-state index is 14.0. The van der Waals surface area contributed by atoms with E-state index in [0.29, 0.717) is 59.7 Å².